The summed E-state index contributed by atoms with van der Waals surface area (Å²) >= 11 is 0. The summed E-state index contributed by atoms with van der Waals surface area (Å²) in [6.45, 7) is 0.612. The van der Waals surface area contributed by atoms with Gasteiger partial charge in [-0.25, -0.2) is 9.97 Å². The molecular weight excluding hydrogens is 246 g/mol. The highest BCUT2D eigenvalue weighted by atomic mass is 16.1. The molecule has 2 rings (SSSR count). The summed E-state index contributed by atoms with van der Waals surface area (Å²) in [6.07, 6.45) is 1.72. The molecule has 0 spiro atoms. The van der Waals surface area contributed by atoms with Crippen molar-refractivity contribution in [1.29, 1.82) is 0 Å². The molecule has 19 heavy (non-hydrogen) atoms. The van der Waals surface area contributed by atoms with E-state index in [2.05, 4.69) is 20.4 Å². The Hall–Kier alpha value is -2.22. The Morgan fingerprint density at radius 1 is 1.53 bits per heavy atom. The van der Waals surface area contributed by atoms with Gasteiger partial charge >= 0.3 is 0 Å². The minimum absolute atomic E-state index is 0.168. The number of nitrogens with zero attached hydrogens (tertiary/aromatic N) is 5. The van der Waals surface area contributed by atoms with Crippen molar-refractivity contribution in [2.75, 3.05) is 26.0 Å². The van der Waals surface area contributed by atoms with E-state index in [1.54, 1.807) is 29.9 Å². The molecule has 8 nitrogen and oxygen atoms in total. The molecule has 2 heterocycles. The number of carbonyl (C=O) groups excluding carboxylic acids is 1. The third-order valence-electron chi connectivity index (χ3n) is 2.71. The van der Waals surface area contributed by atoms with Gasteiger partial charge in [-0.3, -0.25) is 14.4 Å². The second-order valence-corrected chi connectivity index (χ2v) is 4.38. The van der Waals surface area contributed by atoms with Crippen LogP contribution in [0.3, 0.4) is 0 Å². The zero-order chi connectivity index (χ0) is 14.0. The van der Waals surface area contributed by atoms with Crippen molar-refractivity contribution >= 4 is 22.8 Å². The number of hydrogen-bond donors (Lipinski definition) is 2. The monoisotopic (exact) mass is 263 g/mol. The van der Waals surface area contributed by atoms with Crippen LogP contribution in [0, 0.1) is 0 Å². The number of hydrogen-bond acceptors (Lipinski definition) is 6. The average molecular weight is 263 g/mol. The van der Waals surface area contributed by atoms with Crippen LogP contribution in [0.5, 0.6) is 0 Å². The van der Waals surface area contributed by atoms with Crippen LogP contribution in [0.2, 0.25) is 0 Å². The Labute approximate surface area is 110 Å². The number of anilines is 1. The first-order valence-corrected chi connectivity index (χ1v) is 5.84. The number of aromatic nitrogens is 4. The number of rotatable bonds is 5. The van der Waals surface area contributed by atoms with Crippen LogP contribution in [0.4, 0.5) is 5.82 Å². The van der Waals surface area contributed by atoms with Crippen molar-refractivity contribution in [3.05, 3.63) is 12.0 Å². The standard InChI is InChI=1S/C11H17N7O/c1-13-10-7-4-14-18(3)11(7)16-9(15-10)6-17(2)5-8(12)19/h4H,5-6H2,1-3H3,(H2,12,19)(H,13,15,16). The van der Waals surface area contributed by atoms with E-state index in [-0.39, 0.29) is 12.5 Å². The first-order chi connectivity index (χ1) is 9.01. The van der Waals surface area contributed by atoms with E-state index in [0.717, 1.165) is 16.9 Å². The number of primary amides is 1. The van der Waals surface area contributed by atoms with E-state index >= 15 is 0 Å². The van der Waals surface area contributed by atoms with Crippen molar-refractivity contribution in [3.8, 4) is 0 Å². The summed E-state index contributed by atoms with van der Waals surface area (Å²) in [5.74, 6) is 0.961. The van der Waals surface area contributed by atoms with E-state index in [0.29, 0.717) is 12.4 Å². The van der Waals surface area contributed by atoms with Crippen molar-refractivity contribution < 1.29 is 4.79 Å². The Morgan fingerprint density at radius 3 is 2.89 bits per heavy atom. The van der Waals surface area contributed by atoms with Gasteiger partial charge in [-0.2, -0.15) is 5.10 Å². The SMILES string of the molecule is CNc1nc(CN(C)CC(N)=O)nc2c1cnn2C. The molecule has 0 aliphatic carbocycles. The minimum atomic E-state index is -0.377. The number of likely N-dealkylation sites (N-methyl/N-ethyl adjacent to an activating group) is 1. The quantitative estimate of drug-likeness (QED) is 0.741. The zero-order valence-corrected chi connectivity index (χ0v) is 11.2. The van der Waals surface area contributed by atoms with Crippen LogP contribution in [0.15, 0.2) is 6.20 Å². The van der Waals surface area contributed by atoms with Crippen LogP contribution < -0.4 is 11.1 Å². The molecule has 8 heteroatoms. The first kappa shape index (κ1) is 13.2. The Balaban J connectivity index is 2.33. The number of carbonyl (C=O) groups is 1. The molecule has 0 radical (unpaired) electrons. The number of amides is 1. The van der Waals surface area contributed by atoms with Gasteiger partial charge in [0.05, 0.1) is 24.7 Å². The zero-order valence-electron chi connectivity index (χ0n) is 11.2. The molecular formula is C11H17N7O. The van der Waals surface area contributed by atoms with Crippen LogP contribution >= 0.6 is 0 Å². The lowest BCUT2D eigenvalue weighted by molar-refractivity contribution is -0.118. The van der Waals surface area contributed by atoms with Crippen molar-refractivity contribution in [1.82, 2.24) is 24.6 Å². The predicted molar refractivity (Wildman–Crippen MR) is 71.4 cm³/mol. The molecule has 0 aliphatic heterocycles. The van der Waals surface area contributed by atoms with Gasteiger partial charge in [-0.15, -0.1) is 0 Å². The molecule has 0 saturated carbocycles. The molecule has 0 fully saturated rings. The minimum Gasteiger partial charge on any atom is -0.372 e. The highest BCUT2D eigenvalue weighted by molar-refractivity contribution is 5.86. The highest BCUT2D eigenvalue weighted by Gasteiger charge is 2.12. The molecule has 2 aromatic rings. The van der Waals surface area contributed by atoms with Crippen molar-refractivity contribution in [2.45, 2.75) is 6.54 Å². The fourth-order valence-electron chi connectivity index (χ4n) is 1.89. The van der Waals surface area contributed by atoms with Crippen LogP contribution in [-0.4, -0.2) is 51.2 Å². The summed E-state index contributed by atoms with van der Waals surface area (Å²) in [4.78, 5) is 21.5. The average Bonchev–Trinajstić information content (AvgIpc) is 2.69. The molecule has 0 atom stereocenters. The Bertz CT molecular complexity index is 606. The first-order valence-electron chi connectivity index (χ1n) is 5.84. The molecule has 102 valence electrons. The van der Waals surface area contributed by atoms with Gasteiger partial charge < -0.3 is 11.1 Å². The largest absolute Gasteiger partial charge is 0.372 e. The lowest BCUT2D eigenvalue weighted by Gasteiger charge is -2.14. The van der Waals surface area contributed by atoms with Crippen LogP contribution in [0.25, 0.3) is 11.0 Å². The van der Waals surface area contributed by atoms with Gasteiger partial charge in [0.1, 0.15) is 11.6 Å². The van der Waals surface area contributed by atoms with Gasteiger partial charge in [-0.05, 0) is 7.05 Å². The maximum atomic E-state index is 10.9. The van der Waals surface area contributed by atoms with Gasteiger partial charge in [0.2, 0.25) is 5.91 Å². The topological polar surface area (TPSA) is 102 Å². The lowest BCUT2D eigenvalue weighted by Crippen LogP contribution is -2.30. The number of aryl methyl sites for hydroxylation is 1. The van der Waals surface area contributed by atoms with Crippen molar-refractivity contribution in [2.24, 2.45) is 12.8 Å². The Morgan fingerprint density at radius 2 is 2.26 bits per heavy atom. The maximum Gasteiger partial charge on any atom is 0.231 e. The van der Waals surface area contributed by atoms with Crippen LogP contribution in [-0.2, 0) is 18.4 Å². The van der Waals surface area contributed by atoms with Gasteiger partial charge in [-0.1, -0.05) is 0 Å². The lowest BCUT2D eigenvalue weighted by atomic mass is 10.3. The van der Waals surface area contributed by atoms with E-state index in [9.17, 15) is 4.79 Å². The fourth-order valence-corrected chi connectivity index (χ4v) is 1.89. The summed E-state index contributed by atoms with van der Waals surface area (Å²) in [7, 11) is 5.41. The third kappa shape index (κ3) is 2.79. The second-order valence-electron chi connectivity index (χ2n) is 4.38. The molecule has 0 unspecified atom stereocenters. The molecule has 3 N–H and O–H groups in total. The molecule has 0 aliphatic rings. The van der Waals surface area contributed by atoms with Crippen LogP contribution in [0.1, 0.15) is 5.82 Å². The fraction of sp³-hybridized carbons (Fsp3) is 0.455. The third-order valence-corrected chi connectivity index (χ3v) is 2.71. The summed E-state index contributed by atoms with van der Waals surface area (Å²) in [5, 5.41) is 8.05. The predicted octanol–water partition coefficient (Wildman–Crippen LogP) is -0.678. The maximum absolute atomic E-state index is 10.9. The Kier molecular flexibility index (Phi) is 3.61. The summed E-state index contributed by atoms with van der Waals surface area (Å²) < 4.78 is 1.69. The van der Waals surface area contributed by atoms with Gasteiger partial charge in [0, 0.05) is 14.1 Å². The number of fused-ring (bicyclic) bond motifs is 1. The second kappa shape index (κ2) is 5.19. The molecule has 1 amide bonds. The smallest absolute Gasteiger partial charge is 0.231 e. The molecule has 0 aromatic carbocycles. The van der Waals surface area contributed by atoms with E-state index < -0.39 is 0 Å². The summed E-state index contributed by atoms with van der Waals surface area (Å²) in [5.41, 5.74) is 5.91. The summed E-state index contributed by atoms with van der Waals surface area (Å²) in [6, 6.07) is 0. The van der Waals surface area contributed by atoms with E-state index in [4.69, 9.17) is 5.73 Å². The molecule has 0 bridgehead atoms. The van der Waals surface area contributed by atoms with Crippen molar-refractivity contribution in [3.63, 3.8) is 0 Å². The molecule has 2 aromatic heterocycles. The number of nitrogens with one attached hydrogen (secondary N) is 1. The highest BCUT2D eigenvalue weighted by Crippen LogP contribution is 2.19. The van der Waals surface area contributed by atoms with E-state index in [1.165, 1.54) is 0 Å². The molecule has 0 saturated heterocycles. The van der Waals surface area contributed by atoms with Gasteiger partial charge in [0.15, 0.2) is 5.65 Å². The van der Waals surface area contributed by atoms with Gasteiger partial charge in [0.25, 0.3) is 0 Å². The number of nitrogens with two attached hydrogens (primary N) is 1. The van der Waals surface area contributed by atoms with E-state index in [1.807, 2.05) is 7.05 Å². The normalized spacial score (nSPS) is 11.2.